The Morgan fingerprint density at radius 3 is 2.95 bits per heavy atom. The summed E-state index contributed by atoms with van der Waals surface area (Å²) in [5.74, 6) is 0.405. The van der Waals surface area contributed by atoms with Crippen LogP contribution in [0.1, 0.15) is 35.4 Å². The van der Waals surface area contributed by atoms with E-state index in [-0.39, 0.29) is 5.97 Å². The molecule has 1 fully saturated rings. The summed E-state index contributed by atoms with van der Waals surface area (Å²) in [6.07, 6.45) is 5.45. The van der Waals surface area contributed by atoms with Gasteiger partial charge in [-0.25, -0.2) is 4.79 Å². The number of nitrogens with zero attached hydrogens (tertiary/aromatic N) is 1. The van der Waals surface area contributed by atoms with E-state index in [1.54, 1.807) is 6.07 Å². The molecule has 1 N–H and O–H groups in total. The van der Waals surface area contributed by atoms with Crippen molar-refractivity contribution in [3.63, 3.8) is 0 Å². The van der Waals surface area contributed by atoms with Gasteiger partial charge in [0, 0.05) is 13.1 Å². The minimum Gasteiger partial charge on any atom is -0.467 e. The van der Waals surface area contributed by atoms with E-state index < -0.39 is 0 Å². The van der Waals surface area contributed by atoms with Crippen LogP contribution in [0.2, 0.25) is 0 Å². The van der Waals surface area contributed by atoms with E-state index in [0.29, 0.717) is 12.1 Å². The number of likely N-dealkylation sites (tertiary alicyclic amines) is 1. The van der Waals surface area contributed by atoms with Crippen LogP contribution in [0.25, 0.3) is 0 Å². The fourth-order valence-corrected chi connectivity index (χ4v) is 2.33. The van der Waals surface area contributed by atoms with Gasteiger partial charge in [0.2, 0.25) is 0 Å². The zero-order valence-electron chi connectivity index (χ0n) is 11.5. The van der Waals surface area contributed by atoms with Gasteiger partial charge in [-0.3, -0.25) is 0 Å². The number of nitrogens with one attached hydrogen (secondary N) is 1. The fraction of sp³-hybridized carbons (Fsp3) is 0.643. The van der Waals surface area contributed by atoms with E-state index in [1.165, 1.54) is 45.7 Å². The highest BCUT2D eigenvalue weighted by Crippen LogP contribution is 2.09. The van der Waals surface area contributed by atoms with Gasteiger partial charge in [-0.1, -0.05) is 6.42 Å². The Balaban J connectivity index is 1.65. The van der Waals surface area contributed by atoms with Gasteiger partial charge in [-0.15, -0.1) is 0 Å². The molecule has 0 radical (unpaired) electrons. The van der Waals surface area contributed by atoms with Crippen LogP contribution in [-0.4, -0.2) is 44.2 Å². The Labute approximate surface area is 113 Å². The van der Waals surface area contributed by atoms with Crippen molar-refractivity contribution in [2.24, 2.45) is 0 Å². The summed E-state index contributed by atoms with van der Waals surface area (Å²) in [4.78, 5) is 13.7. The molecule has 1 saturated heterocycles. The number of hydrogen-bond acceptors (Lipinski definition) is 5. The number of hydrogen-bond donors (Lipinski definition) is 1. The highest BCUT2D eigenvalue weighted by atomic mass is 16.5. The van der Waals surface area contributed by atoms with Gasteiger partial charge in [0.25, 0.3) is 0 Å². The topological polar surface area (TPSA) is 54.7 Å². The maximum atomic E-state index is 11.3. The number of carbonyl (C=O) groups is 1. The molecule has 0 unspecified atom stereocenters. The second kappa shape index (κ2) is 7.31. The fourth-order valence-electron chi connectivity index (χ4n) is 2.33. The van der Waals surface area contributed by atoms with Gasteiger partial charge in [0.1, 0.15) is 12.0 Å². The zero-order valence-corrected chi connectivity index (χ0v) is 11.5. The number of carbonyl (C=O) groups excluding carboxylic acids is 1. The smallest absolute Gasteiger partial charge is 0.341 e. The molecule has 2 heterocycles. The Hall–Kier alpha value is -1.33. The van der Waals surface area contributed by atoms with Crippen LogP contribution in [0.15, 0.2) is 16.7 Å². The average Bonchev–Trinajstić information content (AvgIpc) is 2.93. The number of furan rings is 1. The third-order valence-electron chi connectivity index (χ3n) is 3.43. The van der Waals surface area contributed by atoms with E-state index in [1.807, 2.05) is 0 Å². The van der Waals surface area contributed by atoms with Gasteiger partial charge < -0.3 is 19.4 Å². The van der Waals surface area contributed by atoms with Crippen LogP contribution in [0.5, 0.6) is 0 Å². The van der Waals surface area contributed by atoms with Gasteiger partial charge in [-0.05, 0) is 32.0 Å². The van der Waals surface area contributed by atoms with E-state index in [9.17, 15) is 4.79 Å². The minimum atomic E-state index is -0.358. The van der Waals surface area contributed by atoms with Crippen LogP contribution in [-0.2, 0) is 11.3 Å². The molecule has 0 bridgehead atoms. The van der Waals surface area contributed by atoms with Gasteiger partial charge >= 0.3 is 5.97 Å². The summed E-state index contributed by atoms with van der Waals surface area (Å²) in [5, 5.41) is 3.33. The highest BCUT2D eigenvalue weighted by Gasteiger charge is 2.11. The summed E-state index contributed by atoms with van der Waals surface area (Å²) in [5.41, 5.74) is 0.468. The standard InChI is InChI=1S/C14H22N2O3/c1-18-14(17)12-9-13(19-11-12)10-15-5-8-16-6-3-2-4-7-16/h9,11,15H,2-8,10H2,1H3. The monoisotopic (exact) mass is 266 g/mol. The Kier molecular flexibility index (Phi) is 5.42. The second-order valence-corrected chi connectivity index (χ2v) is 4.87. The molecule has 0 aliphatic carbocycles. The third-order valence-corrected chi connectivity index (χ3v) is 3.43. The van der Waals surface area contributed by atoms with Crippen molar-refractivity contribution < 1.29 is 13.9 Å². The van der Waals surface area contributed by atoms with Crippen molar-refractivity contribution >= 4 is 5.97 Å². The molecule has 5 nitrogen and oxygen atoms in total. The predicted octanol–water partition coefficient (Wildman–Crippen LogP) is 1.64. The summed E-state index contributed by atoms with van der Waals surface area (Å²) < 4.78 is 9.93. The molecule has 1 aliphatic rings. The number of methoxy groups -OCH3 is 1. The van der Waals surface area contributed by atoms with Crippen molar-refractivity contribution in [2.75, 3.05) is 33.3 Å². The summed E-state index contributed by atoms with van der Waals surface area (Å²) >= 11 is 0. The van der Waals surface area contributed by atoms with E-state index in [4.69, 9.17) is 4.42 Å². The maximum Gasteiger partial charge on any atom is 0.341 e. The minimum absolute atomic E-state index is 0.358. The van der Waals surface area contributed by atoms with Crippen LogP contribution in [0.3, 0.4) is 0 Å². The Bertz CT molecular complexity index is 397. The summed E-state index contributed by atoms with van der Waals surface area (Å²) in [6, 6.07) is 1.72. The number of ether oxygens (including phenoxy) is 1. The predicted molar refractivity (Wildman–Crippen MR) is 72.0 cm³/mol. The molecule has 19 heavy (non-hydrogen) atoms. The molecule has 1 aromatic heterocycles. The molecule has 0 saturated carbocycles. The first-order valence-corrected chi connectivity index (χ1v) is 6.88. The van der Waals surface area contributed by atoms with Crippen molar-refractivity contribution in [2.45, 2.75) is 25.8 Å². The summed E-state index contributed by atoms with van der Waals surface area (Å²) in [6.45, 7) is 5.09. The van der Waals surface area contributed by atoms with Crippen molar-refractivity contribution in [1.29, 1.82) is 0 Å². The molecular formula is C14H22N2O3. The lowest BCUT2D eigenvalue weighted by Crippen LogP contribution is -2.35. The summed E-state index contributed by atoms with van der Waals surface area (Å²) in [7, 11) is 1.37. The SMILES string of the molecule is COC(=O)c1coc(CNCCN2CCCCC2)c1. The highest BCUT2D eigenvalue weighted by molar-refractivity contribution is 5.88. The zero-order chi connectivity index (χ0) is 13.5. The molecule has 5 heteroatoms. The first-order valence-electron chi connectivity index (χ1n) is 6.88. The van der Waals surface area contributed by atoms with Crippen LogP contribution in [0, 0.1) is 0 Å². The third kappa shape index (κ3) is 4.36. The van der Waals surface area contributed by atoms with E-state index >= 15 is 0 Å². The molecular weight excluding hydrogens is 244 g/mol. The van der Waals surface area contributed by atoms with Gasteiger partial charge in [0.15, 0.2) is 0 Å². The van der Waals surface area contributed by atoms with Crippen LogP contribution >= 0.6 is 0 Å². The maximum absolute atomic E-state index is 11.3. The van der Waals surface area contributed by atoms with Crippen LogP contribution < -0.4 is 5.32 Å². The second-order valence-electron chi connectivity index (χ2n) is 4.87. The molecule has 0 aromatic carbocycles. The number of esters is 1. The van der Waals surface area contributed by atoms with Crippen LogP contribution in [0.4, 0.5) is 0 Å². The lowest BCUT2D eigenvalue weighted by molar-refractivity contribution is 0.0600. The van der Waals surface area contributed by atoms with E-state index in [2.05, 4.69) is 15.0 Å². The first kappa shape index (κ1) is 14.1. The Morgan fingerprint density at radius 1 is 1.42 bits per heavy atom. The molecule has 2 rings (SSSR count). The van der Waals surface area contributed by atoms with Crippen molar-refractivity contribution in [3.05, 3.63) is 23.7 Å². The molecule has 0 amide bonds. The largest absolute Gasteiger partial charge is 0.467 e. The number of piperidine rings is 1. The van der Waals surface area contributed by atoms with Crippen molar-refractivity contribution in [3.8, 4) is 0 Å². The molecule has 0 spiro atoms. The molecule has 1 aliphatic heterocycles. The quantitative estimate of drug-likeness (QED) is 0.626. The average molecular weight is 266 g/mol. The first-order chi connectivity index (χ1) is 9.29. The molecule has 1 aromatic rings. The van der Waals surface area contributed by atoms with E-state index in [0.717, 1.165) is 18.8 Å². The molecule has 106 valence electrons. The lowest BCUT2D eigenvalue weighted by atomic mass is 10.1. The van der Waals surface area contributed by atoms with Gasteiger partial charge in [0.05, 0.1) is 19.2 Å². The van der Waals surface area contributed by atoms with Crippen molar-refractivity contribution in [1.82, 2.24) is 10.2 Å². The number of rotatable bonds is 6. The lowest BCUT2D eigenvalue weighted by Gasteiger charge is -2.26. The van der Waals surface area contributed by atoms with Gasteiger partial charge in [-0.2, -0.15) is 0 Å². The Morgan fingerprint density at radius 2 is 2.21 bits per heavy atom. The normalized spacial score (nSPS) is 16.5. The molecule has 0 atom stereocenters.